The summed E-state index contributed by atoms with van der Waals surface area (Å²) in [5.74, 6) is 0.602. The molecule has 1 N–H and O–H groups in total. The fourth-order valence-electron chi connectivity index (χ4n) is 1.33. The van der Waals surface area contributed by atoms with E-state index in [1.807, 2.05) is 18.0 Å². The van der Waals surface area contributed by atoms with Crippen molar-refractivity contribution in [3.8, 4) is 0 Å². The Morgan fingerprint density at radius 3 is 2.64 bits per heavy atom. The van der Waals surface area contributed by atoms with Gasteiger partial charge in [-0.3, -0.25) is 5.41 Å². The van der Waals surface area contributed by atoms with Gasteiger partial charge in [0.2, 0.25) is 0 Å². The molecule has 1 saturated carbocycles. The maximum Gasteiger partial charge on any atom is 0.132 e. The Hall–Kier alpha value is -1.05. The molecule has 1 aliphatic carbocycles. The normalized spacial score (nSPS) is 24.5. The fourth-order valence-corrected chi connectivity index (χ4v) is 1.33. The third-order valence-corrected chi connectivity index (χ3v) is 2.29. The highest BCUT2D eigenvalue weighted by Gasteiger charge is 2.33. The first-order chi connectivity index (χ1) is 5.20. The highest BCUT2D eigenvalue weighted by Crippen LogP contribution is 2.33. The van der Waals surface area contributed by atoms with E-state index in [4.69, 9.17) is 5.41 Å². The van der Waals surface area contributed by atoms with Crippen LogP contribution in [-0.2, 0) is 0 Å². The summed E-state index contributed by atoms with van der Waals surface area (Å²) in [4.78, 5) is 2.04. The van der Waals surface area contributed by atoms with Crippen molar-refractivity contribution < 1.29 is 0 Å². The van der Waals surface area contributed by atoms with Gasteiger partial charge in [-0.2, -0.15) is 0 Å². The minimum absolute atomic E-state index is 0.602. The van der Waals surface area contributed by atoms with Crippen molar-refractivity contribution in [2.24, 2.45) is 0 Å². The van der Waals surface area contributed by atoms with E-state index in [9.17, 15) is 0 Å². The van der Waals surface area contributed by atoms with Gasteiger partial charge < -0.3 is 4.90 Å². The highest BCUT2D eigenvalue weighted by atomic mass is 15.2. The molecule has 1 aliphatic heterocycles. The van der Waals surface area contributed by atoms with Gasteiger partial charge in [-0.25, -0.2) is 0 Å². The van der Waals surface area contributed by atoms with Crippen LogP contribution in [-0.4, -0.2) is 16.8 Å². The fraction of sp³-hybridized carbons (Fsp3) is 0.444. The van der Waals surface area contributed by atoms with E-state index in [0.29, 0.717) is 11.9 Å². The van der Waals surface area contributed by atoms with Crippen molar-refractivity contribution in [2.75, 3.05) is 0 Å². The van der Waals surface area contributed by atoms with Gasteiger partial charge in [0.15, 0.2) is 0 Å². The van der Waals surface area contributed by atoms with Crippen LogP contribution < -0.4 is 0 Å². The van der Waals surface area contributed by atoms with Crippen LogP contribution in [0.4, 0.5) is 0 Å². The zero-order valence-electron chi connectivity index (χ0n) is 6.72. The molecule has 1 heterocycles. The van der Waals surface area contributed by atoms with Gasteiger partial charge >= 0.3 is 0 Å². The minimum Gasteiger partial charge on any atom is -0.330 e. The lowest BCUT2D eigenvalue weighted by Crippen LogP contribution is -2.23. The summed E-state index contributed by atoms with van der Waals surface area (Å²) < 4.78 is 0. The first kappa shape index (κ1) is 6.65. The molecule has 0 aromatic heterocycles. The van der Waals surface area contributed by atoms with Crippen molar-refractivity contribution in [1.29, 1.82) is 5.41 Å². The molecular weight excluding hydrogens is 136 g/mol. The average Bonchev–Trinajstić information content (AvgIpc) is 2.76. The monoisotopic (exact) mass is 148 g/mol. The molecule has 0 bridgehead atoms. The number of rotatable bonds is 1. The summed E-state index contributed by atoms with van der Waals surface area (Å²) in [6.45, 7) is 5.86. The maximum atomic E-state index is 7.69. The molecule has 2 heteroatoms. The molecule has 0 aromatic carbocycles. The molecule has 2 rings (SSSR count). The van der Waals surface area contributed by atoms with E-state index >= 15 is 0 Å². The number of hydrogen-bond donors (Lipinski definition) is 1. The third-order valence-electron chi connectivity index (χ3n) is 2.29. The number of hydrogen-bond acceptors (Lipinski definition) is 1. The lowest BCUT2D eigenvalue weighted by molar-refractivity contribution is 0.553. The molecule has 0 amide bonds. The van der Waals surface area contributed by atoms with Gasteiger partial charge in [0.1, 0.15) is 5.84 Å². The first-order valence-corrected chi connectivity index (χ1v) is 3.95. The molecule has 1 fully saturated rings. The van der Waals surface area contributed by atoms with Crippen molar-refractivity contribution in [2.45, 2.75) is 25.8 Å². The van der Waals surface area contributed by atoms with Crippen LogP contribution in [0.15, 0.2) is 23.9 Å². The smallest absolute Gasteiger partial charge is 0.132 e. The molecule has 0 saturated heterocycles. The Bertz CT molecular complexity index is 259. The van der Waals surface area contributed by atoms with E-state index in [1.54, 1.807) is 0 Å². The zero-order valence-corrected chi connectivity index (χ0v) is 6.72. The predicted molar refractivity (Wildman–Crippen MR) is 45.5 cm³/mol. The molecule has 0 spiro atoms. The number of nitrogens with zero attached hydrogens (tertiary/aromatic N) is 1. The Morgan fingerprint density at radius 2 is 2.27 bits per heavy atom. The van der Waals surface area contributed by atoms with E-state index < -0.39 is 0 Å². The van der Waals surface area contributed by atoms with Crippen LogP contribution in [0.2, 0.25) is 0 Å². The second-order valence-corrected chi connectivity index (χ2v) is 3.28. The summed E-state index contributed by atoms with van der Waals surface area (Å²) in [7, 11) is 0. The Morgan fingerprint density at radius 1 is 1.64 bits per heavy atom. The van der Waals surface area contributed by atoms with Crippen LogP contribution in [0.25, 0.3) is 0 Å². The lowest BCUT2D eigenvalue weighted by Gasteiger charge is -2.13. The van der Waals surface area contributed by atoms with Crippen LogP contribution >= 0.6 is 0 Å². The molecule has 0 radical (unpaired) electrons. The second-order valence-electron chi connectivity index (χ2n) is 3.28. The summed E-state index contributed by atoms with van der Waals surface area (Å²) in [6.07, 6.45) is 4.52. The molecule has 58 valence electrons. The minimum atomic E-state index is 0.602. The maximum absolute atomic E-state index is 7.69. The van der Waals surface area contributed by atoms with E-state index in [2.05, 4.69) is 6.58 Å². The Kier molecular flexibility index (Phi) is 1.19. The standard InChI is InChI=1S/C9H12N2/c1-6-5-11(8-3-4-8)9(10)7(6)2/h5,8,10H,2-4H2,1H3. The SMILES string of the molecule is C=C1C(=N)N(C2CC2)C=C1C. The van der Waals surface area contributed by atoms with Crippen LogP contribution in [0, 0.1) is 5.41 Å². The van der Waals surface area contributed by atoms with Gasteiger partial charge in [0, 0.05) is 17.8 Å². The van der Waals surface area contributed by atoms with Crippen LogP contribution in [0.5, 0.6) is 0 Å². The number of nitrogens with one attached hydrogen (secondary N) is 1. The molecule has 0 aromatic rings. The highest BCUT2D eigenvalue weighted by molar-refractivity contribution is 6.03. The van der Waals surface area contributed by atoms with Gasteiger partial charge in [0.05, 0.1) is 0 Å². The molecule has 2 nitrogen and oxygen atoms in total. The van der Waals surface area contributed by atoms with Gasteiger partial charge in [-0.05, 0) is 25.3 Å². The number of amidine groups is 1. The summed E-state index contributed by atoms with van der Waals surface area (Å²) in [5.41, 5.74) is 2.03. The molecule has 0 unspecified atom stereocenters. The third kappa shape index (κ3) is 0.897. The van der Waals surface area contributed by atoms with E-state index in [-0.39, 0.29) is 0 Å². The van der Waals surface area contributed by atoms with Crippen molar-refractivity contribution in [1.82, 2.24) is 4.90 Å². The molecule has 2 aliphatic rings. The Labute approximate surface area is 66.7 Å². The molecule has 11 heavy (non-hydrogen) atoms. The van der Waals surface area contributed by atoms with E-state index in [1.165, 1.54) is 12.8 Å². The predicted octanol–water partition coefficient (Wildman–Crippen LogP) is 1.90. The van der Waals surface area contributed by atoms with Gasteiger partial charge in [-0.15, -0.1) is 0 Å². The van der Waals surface area contributed by atoms with Gasteiger partial charge in [-0.1, -0.05) is 6.58 Å². The summed E-state index contributed by atoms with van der Waals surface area (Å²) in [5, 5.41) is 7.69. The largest absolute Gasteiger partial charge is 0.330 e. The first-order valence-electron chi connectivity index (χ1n) is 3.95. The quantitative estimate of drug-likeness (QED) is 0.604. The van der Waals surface area contributed by atoms with Gasteiger partial charge in [0.25, 0.3) is 0 Å². The van der Waals surface area contributed by atoms with Crippen LogP contribution in [0.1, 0.15) is 19.8 Å². The zero-order chi connectivity index (χ0) is 8.01. The van der Waals surface area contributed by atoms with Crippen molar-refractivity contribution in [3.63, 3.8) is 0 Å². The summed E-state index contributed by atoms with van der Waals surface area (Å²) >= 11 is 0. The topological polar surface area (TPSA) is 27.1 Å². The Balaban J connectivity index is 2.24. The molecule has 0 atom stereocenters. The average molecular weight is 148 g/mol. The summed E-state index contributed by atoms with van der Waals surface area (Å²) in [6, 6.07) is 0.608. The van der Waals surface area contributed by atoms with Crippen molar-refractivity contribution in [3.05, 3.63) is 23.9 Å². The van der Waals surface area contributed by atoms with Crippen LogP contribution in [0.3, 0.4) is 0 Å². The molecular formula is C9H12N2. The second kappa shape index (κ2) is 1.97. The lowest BCUT2D eigenvalue weighted by atomic mass is 10.2. The van der Waals surface area contributed by atoms with Crippen molar-refractivity contribution >= 4 is 5.84 Å². The van der Waals surface area contributed by atoms with E-state index in [0.717, 1.165) is 11.1 Å².